The van der Waals surface area contributed by atoms with Crippen molar-refractivity contribution in [3.8, 4) is 0 Å². The molecule has 1 rings (SSSR count). The van der Waals surface area contributed by atoms with E-state index < -0.39 is 18.0 Å². The Labute approximate surface area is 102 Å². The van der Waals surface area contributed by atoms with Gasteiger partial charge in [-0.25, -0.2) is 4.39 Å². The van der Waals surface area contributed by atoms with E-state index in [0.717, 1.165) is 12.1 Å². The molecule has 0 radical (unpaired) electrons. The number of hydrogen-bond donors (Lipinski definition) is 2. The molecule has 0 fully saturated rings. The molecule has 6 nitrogen and oxygen atoms in total. The van der Waals surface area contributed by atoms with E-state index in [9.17, 15) is 19.4 Å². The number of halogens is 1. The smallest absolute Gasteiger partial charge is 0.150 e. The molecule has 2 N–H and O–H groups in total. The van der Waals surface area contributed by atoms with Crippen molar-refractivity contribution >= 4 is 6.29 Å². The molecule has 0 aliphatic rings. The van der Waals surface area contributed by atoms with Crippen LogP contribution in [-0.4, -0.2) is 29.1 Å². The average Bonchev–Trinajstić information content (AvgIpc) is 2.38. The summed E-state index contributed by atoms with van der Waals surface area (Å²) >= 11 is 0. The Morgan fingerprint density at radius 2 is 2.22 bits per heavy atom. The predicted octanol–water partition coefficient (Wildman–Crippen LogP) is 1.73. The third-order valence-corrected chi connectivity index (χ3v) is 2.45. The minimum atomic E-state index is -1.41. The first-order chi connectivity index (χ1) is 8.60. The van der Waals surface area contributed by atoms with Crippen molar-refractivity contribution in [2.45, 2.75) is 18.6 Å². The molecule has 0 bridgehead atoms. The highest BCUT2D eigenvalue weighted by Crippen LogP contribution is 2.23. The largest absolute Gasteiger partial charge is 0.390 e. The normalized spacial score (nSPS) is 13.5. The van der Waals surface area contributed by atoms with Gasteiger partial charge in [0.15, 0.2) is 0 Å². The zero-order chi connectivity index (χ0) is 13.5. The highest BCUT2D eigenvalue weighted by molar-refractivity contribution is 5.77. The lowest BCUT2D eigenvalue weighted by Gasteiger charge is -2.18. The van der Waals surface area contributed by atoms with Gasteiger partial charge in [-0.1, -0.05) is 5.11 Å². The first-order valence-corrected chi connectivity index (χ1v) is 5.21. The highest BCUT2D eigenvalue weighted by atomic mass is 19.1. The van der Waals surface area contributed by atoms with Crippen LogP contribution in [0.15, 0.2) is 23.3 Å². The Morgan fingerprint density at radius 1 is 1.50 bits per heavy atom. The minimum absolute atomic E-state index is 0.000461. The van der Waals surface area contributed by atoms with Crippen molar-refractivity contribution in [1.82, 2.24) is 0 Å². The summed E-state index contributed by atoms with van der Waals surface area (Å²) in [7, 11) is 0. The maximum atomic E-state index is 13.0. The first kappa shape index (κ1) is 14.1. The Kier molecular flexibility index (Phi) is 5.26. The van der Waals surface area contributed by atoms with Crippen LogP contribution < -0.4 is 0 Å². The van der Waals surface area contributed by atoms with Crippen molar-refractivity contribution in [3.63, 3.8) is 0 Å². The van der Waals surface area contributed by atoms with Crippen molar-refractivity contribution in [2.24, 2.45) is 5.11 Å². The molecule has 0 saturated carbocycles. The lowest BCUT2D eigenvalue weighted by molar-refractivity contribution is 0.0145. The fraction of sp³-hybridized carbons (Fsp3) is 0.364. The number of aldehydes is 1. The number of benzene rings is 1. The Bertz CT molecular complexity index is 475. The van der Waals surface area contributed by atoms with E-state index >= 15 is 0 Å². The zero-order valence-corrected chi connectivity index (χ0v) is 9.40. The Balaban J connectivity index is 2.87. The number of rotatable bonds is 6. The van der Waals surface area contributed by atoms with E-state index in [1.165, 1.54) is 6.07 Å². The second kappa shape index (κ2) is 6.70. The number of carbonyl (C=O) groups excluding carboxylic acids is 1. The number of aliphatic hydroxyl groups excluding tert-OH is 2. The summed E-state index contributed by atoms with van der Waals surface area (Å²) in [6.45, 7) is 0.000461. The molecule has 96 valence electrons. The molecule has 0 heterocycles. The second-order valence-corrected chi connectivity index (χ2v) is 3.65. The topological polar surface area (TPSA) is 106 Å². The van der Waals surface area contributed by atoms with Crippen molar-refractivity contribution in [1.29, 1.82) is 0 Å². The van der Waals surface area contributed by atoms with Gasteiger partial charge in [-0.15, -0.1) is 0 Å². The number of hydrogen-bond acceptors (Lipinski definition) is 4. The van der Waals surface area contributed by atoms with Crippen LogP contribution in [-0.2, 0) is 0 Å². The molecule has 0 saturated heterocycles. The van der Waals surface area contributed by atoms with E-state index in [-0.39, 0.29) is 24.1 Å². The van der Waals surface area contributed by atoms with E-state index in [4.69, 9.17) is 5.53 Å². The fourth-order valence-corrected chi connectivity index (χ4v) is 1.51. The van der Waals surface area contributed by atoms with Gasteiger partial charge in [-0.05, 0) is 35.7 Å². The Hall–Kier alpha value is -1.95. The highest BCUT2D eigenvalue weighted by Gasteiger charge is 2.21. The maximum absolute atomic E-state index is 13.0. The summed E-state index contributed by atoms with van der Waals surface area (Å²) in [5.74, 6) is -0.614. The van der Waals surface area contributed by atoms with Gasteiger partial charge >= 0.3 is 0 Å². The summed E-state index contributed by atoms with van der Waals surface area (Å²) in [5, 5.41) is 22.7. The first-order valence-electron chi connectivity index (χ1n) is 5.21. The van der Waals surface area contributed by atoms with E-state index in [0.29, 0.717) is 6.29 Å². The van der Waals surface area contributed by atoms with Gasteiger partial charge < -0.3 is 10.2 Å². The Morgan fingerprint density at radius 3 is 2.83 bits per heavy atom. The summed E-state index contributed by atoms with van der Waals surface area (Å²) < 4.78 is 13.0. The summed E-state index contributed by atoms with van der Waals surface area (Å²) in [6, 6.07) is 3.30. The average molecular weight is 253 g/mol. The van der Waals surface area contributed by atoms with Crippen molar-refractivity contribution < 1.29 is 19.4 Å². The molecule has 7 heteroatoms. The molecule has 1 aromatic carbocycles. The molecule has 2 atom stereocenters. The van der Waals surface area contributed by atoms with Gasteiger partial charge in [0, 0.05) is 17.0 Å². The molecule has 0 aliphatic heterocycles. The molecular formula is C11H12FN3O3. The number of aliphatic hydroxyl groups is 2. The summed E-state index contributed by atoms with van der Waals surface area (Å²) in [4.78, 5) is 13.2. The van der Waals surface area contributed by atoms with Crippen LogP contribution >= 0.6 is 0 Å². The van der Waals surface area contributed by atoms with Gasteiger partial charge in [0.2, 0.25) is 0 Å². The predicted molar refractivity (Wildman–Crippen MR) is 61.4 cm³/mol. The standard InChI is InChI=1S/C11H12FN3O3/c12-8-2-1-7(6-16)9(5-8)11(18)10(17)3-4-14-15-13/h1-2,5-6,10-11,17-18H,3-4H2. The molecule has 1 aromatic rings. The fourth-order valence-electron chi connectivity index (χ4n) is 1.51. The monoisotopic (exact) mass is 253 g/mol. The van der Waals surface area contributed by atoms with Crippen LogP contribution in [0.3, 0.4) is 0 Å². The summed E-state index contributed by atoms with van der Waals surface area (Å²) in [5.41, 5.74) is 8.19. The van der Waals surface area contributed by atoms with Crippen LogP contribution in [0.4, 0.5) is 4.39 Å². The van der Waals surface area contributed by atoms with Gasteiger partial charge in [0.25, 0.3) is 0 Å². The van der Waals surface area contributed by atoms with Crippen LogP contribution in [0, 0.1) is 5.82 Å². The van der Waals surface area contributed by atoms with Crippen LogP contribution in [0.1, 0.15) is 28.4 Å². The van der Waals surface area contributed by atoms with Gasteiger partial charge in [-0.3, -0.25) is 4.79 Å². The van der Waals surface area contributed by atoms with Gasteiger partial charge in [0.1, 0.15) is 18.2 Å². The number of azide groups is 1. The third-order valence-electron chi connectivity index (χ3n) is 2.45. The lowest BCUT2D eigenvalue weighted by atomic mass is 9.97. The van der Waals surface area contributed by atoms with Crippen molar-refractivity contribution in [2.75, 3.05) is 6.54 Å². The maximum Gasteiger partial charge on any atom is 0.150 e. The minimum Gasteiger partial charge on any atom is -0.390 e. The molecule has 0 amide bonds. The molecule has 0 spiro atoms. The van der Waals surface area contributed by atoms with Gasteiger partial charge in [0.05, 0.1) is 6.10 Å². The molecule has 2 unspecified atom stereocenters. The van der Waals surface area contributed by atoms with Crippen molar-refractivity contribution in [3.05, 3.63) is 45.6 Å². The SMILES string of the molecule is [N-]=[N+]=NCCC(O)C(O)c1cc(F)ccc1C=O. The molecule has 0 aromatic heterocycles. The molecule has 0 aliphatic carbocycles. The van der Waals surface area contributed by atoms with Crippen LogP contribution in [0.5, 0.6) is 0 Å². The number of nitrogens with zero attached hydrogens (tertiary/aromatic N) is 3. The van der Waals surface area contributed by atoms with Crippen LogP contribution in [0.25, 0.3) is 10.4 Å². The zero-order valence-electron chi connectivity index (χ0n) is 9.40. The summed E-state index contributed by atoms with van der Waals surface area (Å²) in [6.07, 6.45) is -2.16. The van der Waals surface area contributed by atoms with Crippen LogP contribution in [0.2, 0.25) is 0 Å². The van der Waals surface area contributed by atoms with E-state index in [1.54, 1.807) is 0 Å². The third kappa shape index (κ3) is 3.53. The quantitative estimate of drug-likeness (QED) is 0.349. The molecule has 18 heavy (non-hydrogen) atoms. The second-order valence-electron chi connectivity index (χ2n) is 3.65. The van der Waals surface area contributed by atoms with E-state index in [1.807, 2.05) is 0 Å². The van der Waals surface area contributed by atoms with E-state index in [2.05, 4.69) is 10.0 Å². The molecular weight excluding hydrogens is 241 g/mol. The van der Waals surface area contributed by atoms with Gasteiger partial charge in [-0.2, -0.15) is 0 Å². The number of carbonyl (C=O) groups is 1. The lowest BCUT2D eigenvalue weighted by Crippen LogP contribution is -2.20.